The van der Waals surface area contributed by atoms with Crippen LogP contribution in [0.25, 0.3) is 0 Å². The van der Waals surface area contributed by atoms with E-state index >= 15 is 0 Å². The maximum absolute atomic E-state index is 12.9. The molecule has 17 heavy (non-hydrogen) atoms. The van der Waals surface area contributed by atoms with Crippen molar-refractivity contribution in [3.05, 3.63) is 34.6 Å². The first-order chi connectivity index (χ1) is 7.99. The predicted molar refractivity (Wildman–Crippen MR) is 67.6 cm³/mol. The molecule has 0 aliphatic carbocycles. The lowest BCUT2D eigenvalue weighted by molar-refractivity contribution is -0.118. The summed E-state index contributed by atoms with van der Waals surface area (Å²) in [5, 5.41) is 0.0610. The van der Waals surface area contributed by atoms with Crippen molar-refractivity contribution in [2.45, 2.75) is 38.6 Å². The van der Waals surface area contributed by atoms with Crippen LogP contribution in [0, 0.1) is 5.82 Å². The highest BCUT2D eigenvalue weighted by atomic mass is 35.5. The van der Waals surface area contributed by atoms with Crippen molar-refractivity contribution >= 4 is 17.4 Å². The van der Waals surface area contributed by atoms with Gasteiger partial charge in [0.15, 0.2) is 0 Å². The summed E-state index contributed by atoms with van der Waals surface area (Å²) in [5.74, 6) is -0.326. The number of ketones is 1. The van der Waals surface area contributed by atoms with Crippen molar-refractivity contribution in [1.29, 1.82) is 0 Å². The lowest BCUT2D eigenvalue weighted by Gasteiger charge is -2.05. The number of rotatable bonds is 6. The van der Waals surface area contributed by atoms with Crippen LogP contribution in [0.5, 0.6) is 0 Å². The molecular weight excluding hydrogens is 241 g/mol. The van der Waals surface area contributed by atoms with Crippen LogP contribution in [-0.4, -0.2) is 11.8 Å². The summed E-state index contributed by atoms with van der Waals surface area (Å²) < 4.78 is 12.9. The SMILES string of the molecule is CC(N)CCCC(=O)Cc1ccc(F)c(Cl)c1. The fourth-order valence-corrected chi connectivity index (χ4v) is 1.79. The Hall–Kier alpha value is -0.930. The Morgan fingerprint density at radius 3 is 2.82 bits per heavy atom. The van der Waals surface area contributed by atoms with Gasteiger partial charge in [-0.2, -0.15) is 0 Å². The molecule has 1 unspecified atom stereocenters. The molecule has 0 amide bonds. The smallest absolute Gasteiger partial charge is 0.141 e. The van der Waals surface area contributed by atoms with Gasteiger partial charge in [-0.3, -0.25) is 4.79 Å². The Morgan fingerprint density at radius 2 is 2.24 bits per heavy atom. The number of carbonyl (C=O) groups is 1. The molecule has 0 heterocycles. The third kappa shape index (κ3) is 5.29. The number of benzene rings is 1. The van der Waals surface area contributed by atoms with Crippen molar-refractivity contribution in [1.82, 2.24) is 0 Å². The van der Waals surface area contributed by atoms with Gasteiger partial charge >= 0.3 is 0 Å². The Labute approximate surface area is 106 Å². The number of hydrogen-bond donors (Lipinski definition) is 1. The molecule has 1 aromatic carbocycles. The summed E-state index contributed by atoms with van der Waals surface area (Å²) in [6.07, 6.45) is 2.46. The van der Waals surface area contributed by atoms with Gasteiger partial charge in [0.25, 0.3) is 0 Å². The van der Waals surface area contributed by atoms with E-state index in [9.17, 15) is 9.18 Å². The van der Waals surface area contributed by atoms with E-state index in [2.05, 4.69) is 0 Å². The van der Waals surface area contributed by atoms with E-state index in [1.165, 1.54) is 12.1 Å². The van der Waals surface area contributed by atoms with Gasteiger partial charge in [0.2, 0.25) is 0 Å². The number of nitrogens with two attached hydrogens (primary N) is 1. The summed E-state index contributed by atoms with van der Waals surface area (Å²) in [6.45, 7) is 1.92. The second-order valence-electron chi connectivity index (χ2n) is 4.33. The topological polar surface area (TPSA) is 43.1 Å². The van der Waals surface area contributed by atoms with Crippen LogP contribution < -0.4 is 5.73 Å². The third-order valence-electron chi connectivity index (χ3n) is 2.50. The summed E-state index contributed by atoms with van der Waals surface area (Å²) in [4.78, 5) is 11.6. The minimum absolute atomic E-state index is 0.0610. The molecule has 1 aromatic rings. The van der Waals surface area contributed by atoms with Gasteiger partial charge in [-0.1, -0.05) is 17.7 Å². The lowest BCUT2D eigenvalue weighted by Crippen LogP contribution is -2.15. The van der Waals surface area contributed by atoms with E-state index in [4.69, 9.17) is 17.3 Å². The second-order valence-corrected chi connectivity index (χ2v) is 4.74. The molecule has 0 aliphatic heterocycles. The van der Waals surface area contributed by atoms with Gasteiger partial charge in [-0.05, 0) is 37.5 Å². The number of hydrogen-bond acceptors (Lipinski definition) is 2. The Bertz CT molecular complexity index is 393. The highest BCUT2D eigenvalue weighted by Gasteiger charge is 2.07. The minimum atomic E-state index is -0.458. The van der Waals surface area contributed by atoms with E-state index in [-0.39, 0.29) is 16.8 Å². The van der Waals surface area contributed by atoms with Gasteiger partial charge in [-0.15, -0.1) is 0 Å². The predicted octanol–water partition coefficient (Wildman–Crippen LogP) is 3.11. The molecule has 94 valence electrons. The molecule has 2 N–H and O–H groups in total. The average Bonchev–Trinajstić information content (AvgIpc) is 2.23. The summed E-state index contributed by atoms with van der Waals surface area (Å²) in [5.41, 5.74) is 6.35. The molecule has 0 saturated carbocycles. The van der Waals surface area contributed by atoms with Crippen LogP contribution in [0.15, 0.2) is 18.2 Å². The van der Waals surface area contributed by atoms with Gasteiger partial charge in [-0.25, -0.2) is 4.39 Å². The zero-order valence-corrected chi connectivity index (χ0v) is 10.6. The Kier molecular flexibility index (Phi) is 5.59. The largest absolute Gasteiger partial charge is 0.328 e. The highest BCUT2D eigenvalue weighted by molar-refractivity contribution is 6.30. The number of carbonyl (C=O) groups excluding carboxylic acids is 1. The molecule has 0 spiro atoms. The van der Waals surface area contributed by atoms with Crippen LogP contribution >= 0.6 is 11.6 Å². The van der Waals surface area contributed by atoms with Crippen molar-refractivity contribution in [2.24, 2.45) is 5.73 Å². The van der Waals surface area contributed by atoms with Crippen LogP contribution in [0.2, 0.25) is 5.02 Å². The molecule has 2 nitrogen and oxygen atoms in total. The molecule has 4 heteroatoms. The third-order valence-corrected chi connectivity index (χ3v) is 2.79. The molecule has 1 atom stereocenters. The fourth-order valence-electron chi connectivity index (χ4n) is 1.59. The summed E-state index contributed by atoms with van der Waals surface area (Å²) in [6, 6.07) is 4.50. The molecule has 0 saturated heterocycles. The van der Waals surface area contributed by atoms with Crippen LogP contribution in [0.4, 0.5) is 4.39 Å². The monoisotopic (exact) mass is 257 g/mol. The quantitative estimate of drug-likeness (QED) is 0.851. The van der Waals surface area contributed by atoms with Gasteiger partial charge in [0.05, 0.1) is 5.02 Å². The highest BCUT2D eigenvalue weighted by Crippen LogP contribution is 2.17. The van der Waals surface area contributed by atoms with E-state index in [1.807, 2.05) is 6.92 Å². The molecule has 0 bridgehead atoms. The first-order valence-electron chi connectivity index (χ1n) is 5.70. The van der Waals surface area contributed by atoms with Crippen LogP contribution in [0.1, 0.15) is 31.7 Å². The number of halogens is 2. The zero-order valence-electron chi connectivity index (χ0n) is 9.88. The van der Waals surface area contributed by atoms with Crippen molar-refractivity contribution < 1.29 is 9.18 Å². The molecular formula is C13H17ClFNO. The van der Waals surface area contributed by atoms with Gasteiger partial charge in [0.1, 0.15) is 11.6 Å². The summed E-state index contributed by atoms with van der Waals surface area (Å²) >= 11 is 5.64. The van der Waals surface area contributed by atoms with Crippen molar-refractivity contribution in [3.8, 4) is 0 Å². The van der Waals surface area contributed by atoms with E-state index in [0.717, 1.165) is 18.4 Å². The van der Waals surface area contributed by atoms with Gasteiger partial charge < -0.3 is 5.73 Å². The van der Waals surface area contributed by atoms with Gasteiger partial charge in [0, 0.05) is 18.9 Å². The van der Waals surface area contributed by atoms with E-state index in [1.54, 1.807) is 6.07 Å². The molecule has 0 fully saturated rings. The van der Waals surface area contributed by atoms with Crippen molar-refractivity contribution in [2.75, 3.05) is 0 Å². The van der Waals surface area contributed by atoms with E-state index < -0.39 is 5.82 Å². The van der Waals surface area contributed by atoms with Crippen LogP contribution in [0.3, 0.4) is 0 Å². The first-order valence-corrected chi connectivity index (χ1v) is 6.08. The second kappa shape index (κ2) is 6.72. The molecule has 0 radical (unpaired) electrons. The average molecular weight is 258 g/mol. The van der Waals surface area contributed by atoms with E-state index in [0.29, 0.717) is 12.8 Å². The Balaban J connectivity index is 2.42. The zero-order chi connectivity index (χ0) is 12.8. The Morgan fingerprint density at radius 1 is 1.53 bits per heavy atom. The fraction of sp³-hybridized carbons (Fsp3) is 0.462. The van der Waals surface area contributed by atoms with Crippen LogP contribution in [-0.2, 0) is 11.2 Å². The van der Waals surface area contributed by atoms with Crippen molar-refractivity contribution in [3.63, 3.8) is 0 Å². The lowest BCUT2D eigenvalue weighted by atomic mass is 10.0. The minimum Gasteiger partial charge on any atom is -0.328 e. The molecule has 0 aliphatic rings. The maximum atomic E-state index is 12.9. The number of Topliss-reactive ketones (excluding diaryl/α,β-unsaturated/α-hetero) is 1. The summed E-state index contributed by atoms with van der Waals surface area (Å²) in [7, 11) is 0. The standard InChI is InChI=1S/C13H17ClFNO/c1-9(16)3-2-4-11(17)7-10-5-6-13(15)12(14)8-10/h5-6,8-9H,2-4,7,16H2,1H3. The normalized spacial score (nSPS) is 12.5. The first kappa shape index (κ1) is 14.1. The molecule has 0 aromatic heterocycles. The molecule has 1 rings (SSSR count). The maximum Gasteiger partial charge on any atom is 0.141 e.